The summed E-state index contributed by atoms with van der Waals surface area (Å²) in [6, 6.07) is 3.13. The number of hydrogen-bond acceptors (Lipinski definition) is 4. The molecule has 2 rings (SSSR count). The zero-order valence-corrected chi connectivity index (χ0v) is 7.04. The van der Waals surface area contributed by atoms with Crippen molar-refractivity contribution in [3.05, 3.63) is 36.4 Å². The quantitative estimate of drug-likeness (QED) is 0.775. The molecule has 0 radical (unpaired) electrons. The minimum atomic E-state index is -1.01. The van der Waals surface area contributed by atoms with Crippen molar-refractivity contribution < 1.29 is 14.4 Å². The van der Waals surface area contributed by atoms with Crippen LogP contribution in [0.4, 0.5) is 0 Å². The highest BCUT2D eigenvalue weighted by Gasteiger charge is 2.06. The molecule has 0 bridgehead atoms. The molecule has 0 spiro atoms. The van der Waals surface area contributed by atoms with E-state index < -0.39 is 5.97 Å². The van der Waals surface area contributed by atoms with Crippen molar-refractivity contribution in [2.75, 3.05) is 0 Å². The third kappa shape index (κ3) is 1.47. The van der Waals surface area contributed by atoms with E-state index in [9.17, 15) is 4.79 Å². The molecule has 5 heteroatoms. The molecule has 0 saturated heterocycles. The summed E-state index contributed by atoms with van der Waals surface area (Å²) in [5, 5.41) is 12.4. The van der Waals surface area contributed by atoms with Gasteiger partial charge in [-0.3, -0.25) is 4.98 Å². The van der Waals surface area contributed by atoms with E-state index in [2.05, 4.69) is 14.7 Å². The average molecular weight is 190 g/mol. The standard InChI is InChI=1S/C9H6N2O3/c12-9(13)7-3-6(4-10-5-7)8-1-2-14-11-8/h1-5H,(H,12,13). The van der Waals surface area contributed by atoms with Crippen molar-refractivity contribution in [3.63, 3.8) is 0 Å². The number of aromatic nitrogens is 2. The summed E-state index contributed by atoms with van der Waals surface area (Å²) in [7, 11) is 0. The van der Waals surface area contributed by atoms with Gasteiger partial charge in [-0.15, -0.1) is 0 Å². The SMILES string of the molecule is O=C(O)c1cncc(-c2ccon2)c1. The molecule has 14 heavy (non-hydrogen) atoms. The Hall–Kier alpha value is -2.17. The summed E-state index contributed by atoms with van der Waals surface area (Å²) in [6.07, 6.45) is 4.24. The molecule has 0 fully saturated rings. The molecule has 2 aromatic rings. The molecular formula is C9H6N2O3. The van der Waals surface area contributed by atoms with Gasteiger partial charge in [0.25, 0.3) is 0 Å². The summed E-state index contributed by atoms with van der Waals surface area (Å²) >= 11 is 0. The van der Waals surface area contributed by atoms with E-state index in [0.29, 0.717) is 11.3 Å². The first-order valence-corrected chi connectivity index (χ1v) is 3.86. The second kappa shape index (κ2) is 3.29. The van der Waals surface area contributed by atoms with E-state index in [1.165, 1.54) is 24.7 Å². The fourth-order valence-electron chi connectivity index (χ4n) is 1.06. The van der Waals surface area contributed by atoms with Gasteiger partial charge in [0.15, 0.2) is 0 Å². The van der Waals surface area contributed by atoms with Crippen LogP contribution in [0, 0.1) is 0 Å². The molecule has 0 saturated carbocycles. The maximum absolute atomic E-state index is 10.6. The smallest absolute Gasteiger partial charge is 0.337 e. The molecule has 0 atom stereocenters. The first kappa shape index (κ1) is 8.43. The van der Waals surface area contributed by atoms with Gasteiger partial charge in [-0.2, -0.15) is 0 Å². The number of aromatic carboxylic acids is 1. The van der Waals surface area contributed by atoms with Crippen molar-refractivity contribution in [2.24, 2.45) is 0 Å². The third-order valence-electron chi connectivity index (χ3n) is 1.72. The molecule has 2 heterocycles. The fourth-order valence-corrected chi connectivity index (χ4v) is 1.06. The van der Waals surface area contributed by atoms with Crippen LogP contribution in [-0.4, -0.2) is 21.2 Å². The maximum atomic E-state index is 10.6. The van der Waals surface area contributed by atoms with E-state index >= 15 is 0 Å². The van der Waals surface area contributed by atoms with Crippen molar-refractivity contribution >= 4 is 5.97 Å². The first-order valence-electron chi connectivity index (χ1n) is 3.86. The summed E-state index contributed by atoms with van der Waals surface area (Å²) in [6.45, 7) is 0. The van der Waals surface area contributed by atoms with Crippen LogP contribution in [0.1, 0.15) is 10.4 Å². The van der Waals surface area contributed by atoms with E-state index in [-0.39, 0.29) is 5.56 Å². The normalized spacial score (nSPS) is 10.0. The highest BCUT2D eigenvalue weighted by atomic mass is 16.5. The van der Waals surface area contributed by atoms with Crippen LogP contribution in [0.3, 0.4) is 0 Å². The molecule has 0 aliphatic heterocycles. The van der Waals surface area contributed by atoms with E-state index in [1.807, 2.05) is 0 Å². The molecule has 0 aromatic carbocycles. The lowest BCUT2D eigenvalue weighted by atomic mass is 10.1. The first-order chi connectivity index (χ1) is 6.77. The van der Waals surface area contributed by atoms with E-state index in [4.69, 9.17) is 5.11 Å². The molecule has 2 aromatic heterocycles. The Morgan fingerprint density at radius 2 is 2.29 bits per heavy atom. The van der Waals surface area contributed by atoms with Crippen molar-refractivity contribution in [1.82, 2.24) is 10.1 Å². The lowest BCUT2D eigenvalue weighted by Crippen LogP contribution is -1.97. The third-order valence-corrected chi connectivity index (χ3v) is 1.72. The van der Waals surface area contributed by atoms with Gasteiger partial charge < -0.3 is 9.63 Å². The number of carboxylic acid groups (broad SMARTS) is 1. The Labute approximate surface area is 79.0 Å². The fraction of sp³-hybridized carbons (Fsp3) is 0. The average Bonchev–Trinajstić information content (AvgIpc) is 2.71. The highest BCUT2D eigenvalue weighted by molar-refractivity contribution is 5.88. The van der Waals surface area contributed by atoms with Gasteiger partial charge in [0.05, 0.1) is 5.56 Å². The highest BCUT2D eigenvalue weighted by Crippen LogP contribution is 2.16. The zero-order valence-electron chi connectivity index (χ0n) is 7.04. The lowest BCUT2D eigenvalue weighted by molar-refractivity contribution is 0.0696. The molecule has 0 unspecified atom stereocenters. The van der Waals surface area contributed by atoms with Gasteiger partial charge in [0, 0.05) is 24.0 Å². The van der Waals surface area contributed by atoms with Crippen LogP contribution < -0.4 is 0 Å². The van der Waals surface area contributed by atoms with Crippen molar-refractivity contribution in [1.29, 1.82) is 0 Å². The minimum absolute atomic E-state index is 0.130. The Balaban J connectivity index is 2.46. The molecule has 5 nitrogen and oxygen atoms in total. The van der Waals surface area contributed by atoms with Crippen molar-refractivity contribution in [3.8, 4) is 11.3 Å². The summed E-state index contributed by atoms with van der Waals surface area (Å²) in [5.74, 6) is -1.01. The van der Waals surface area contributed by atoms with Crippen LogP contribution >= 0.6 is 0 Å². The van der Waals surface area contributed by atoms with Gasteiger partial charge in [-0.1, -0.05) is 5.16 Å². The Kier molecular flexibility index (Phi) is 1.98. The zero-order chi connectivity index (χ0) is 9.97. The second-order valence-electron chi connectivity index (χ2n) is 2.65. The van der Waals surface area contributed by atoms with E-state index in [0.717, 1.165) is 0 Å². The predicted molar refractivity (Wildman–Crippen MR) is 46.7 cm³/mol. The number of carboxylic acids is 1. The van der Waals surface area contributed by atoms with Crippen molar-refractivity contribution in [2.45, 2.75) is 0 Å². The number of hydrogen-bond donors (Lipinski definition) is 1. The molecule has 0 aliphatic carbocycles. The molecular weight excluding hydrogens is 184 g/mol. The van der Waals surface area contributed by atoms with Gasteiger partial charge in [0.1, 0.15) is 12.0 Å². The van der Waals surface area contributed by atoms with Gasteiger partial charge in [-0.05, 0) is 6.07 Å². The Morgan fingerprint density at radius 1 is 1.43 bits per heavy atom. The lowest BCUT2D eigenvalue weighted by Gasteiger charge is -1.96. The molecule has 0 amide bonds. The van der Waals surface area contributed by atoms with Crippen LogP contribution in [0.5, 0.6) is 0 Å². The number of nitrogens with zero attached hydrogens (tertiary/aromatic N) is 2. The topological polar surface area (TPSA) is 76.2 Å². The van der Waals surface area contributed by atoms with Crippen LogP contribution in [0.2, 0.25) is 0 Å². The Morgan fingerprint density at radius 3 is 2.93 bits per heavy atom. The van der Waals surface area contributed by atoms with Gasteiger partial charge in [-0.25, -0.2) is 4.79 Å². The van der Waals surface area contributed by atoms with Crippen LogP contribution in [0.25, 0.3) is 11.3 Å². The summed E-state index contributed by atoms with van der Waals surface area (Å²) in [4.78, 5) is 14.4. The minimum Gasteiger partial charge on any atom is -0.478 e. The summed E-state index contributed by atoms with van der Waals surface area (Å²) in [5.41, 5.74) is 1.32. The predicted octanol–water partition coefficient (Wildman–Crippen LogP) is 1.43. The maximum Gasteiger partial charge on any atom is 0.337 e. The molecule has 70 valence electrons. The second-order valence-corrected chi connectivity index (χ2v) is 2.65. The molecule has 0 aliphatic rings. The van der Waals surface area contributed by atoms with Crippen LogP contribution in [-0.2, 0) is 0 Å². The number of carbonyl (C=O) groups is 1. The number of rotatable bonds is 2. The van der Waals surface area contributed by atoms with Gasteiger partial charge >= 0.3 is 5.97 Å². The monoisotopic (exact) mass is 190 g/mol. The van der Waals surface area contributed by atoms with E-state index in [1.54, 1.807) is 6.07 Å². The largest absolute Gasteiger partial charge is 0.478 e. The number of pyridine rings is 1. The van der Waals surface area contributed by atoms with Crippen LogP contribution in [0.15, 0.2) is 35.3 Å². The molecule has 1 N–H and O–H groups in total. The van der Waals surface area contributed by atoms with Gasteiger partial charge in [0.2, 0.25) is 0 Å². The summed E-state index contributed by atoms with van der Waals surface area (Å²) < 4.78 is 4.64. The Bertz CT molecular complexity index is 451.